The summed E-state index contributed by atoms with van der Waals surface area (Å²) in [7, 11) is 0.216. The Labute approximate surface area is 82.8 Å². The molecule has 1 aliphatic rings. The molecule has 0 aliphatic carbocycles. The van der Waals surface area contributed by atoms with E-state index in [0.29, 0.717) is 26.3 Å². The Kier molecular flexibility index (Phi) is 3.92. The van der Waals surface area contributed by atoms with Gasteiger partial charge < -0.3 is 4.74 Å². The molecule has 1 atom stereocenters. The second-order valence-corrected chi connectivity index (χ2v) is 5.68. The average molecular weight is 219 g/mol. The van der Waals surface area contributed by atoms with Crippen LogP contribution in [0.25, 0.3) is 10.4 Å². The lowest BCUT2D eigenvalue weighted by molar-refractivity contribution is 0.0696. The zero-order valence-electron chi connectivity index (χ0n) is 8.33. The molecule has 8 heteroatoms. The summed E-state index contributed by atoms with van der Waals surface area (Å²) in [6.45, 7) is 2.13. The first kappa shape index (κ1) is 11.5. The highest BCUT2D eigenvalue weighted by molar-refractivity contribution is 7.57. The zero-order chi connectivity index (χ0) is 10.6. The molecule has 0 spiro atoms. The molecule has 1 unspecified atom stereocenters. The normalized spacial score (nSPS) is 22.8. The van der Waals surface area contributed by atoms with Crippen molar-refractivity contribution in [2.75, 3.05) is 40.4 Å². The molecule has 0 aromatic carbocycles. The molecule has 0 radical (unpaired) electrons. The van der Waals surface area contributed by atoms with Crippen LogP contribution in [0.1, 0.15) is 0 Å². The van der Waals surface area contributed by atoms with Crippen molar-refractivity contribution in [2.24, 2.45) is 4.88 Å². The van der Waals surface area contributed by atoms with Gasteiger partial charge >= 0.3 is 7.59 Å². The van der Waals surface area contributed by atoms with Gasteiger partial charge in [-0.15, -0.1) is 0 Å². The molecule has 1 saturated heterocycles. The topological polar surface area (TPSA) is 81.5 Å². The van der Waals surface area contributed by atoms with Crippen LogP contribution in [0.15, 0.2) is 4.88 Å². The minimum absolute atomic E-state index is 0.527. The van der Waals surface area contributed by atoms with Crippen LogP contribution in [0.5, 0.6) is 0 Å². The minimum Gasteiger partial charge on any atom is -0.379 e. The van der Waals surface area contributed by atoms with E-state index in [0.717, 1.165) is 0 Å². The highest BCUT2D eigenvalue weighted by atomic mass is 31.2. The first-order valence-electron chi connectivity index (χ1n) is 4.29. The minimum atomic E-state index is -3.07. The predicted octanol–water partition coefficient (Wildman–Crippen LogP) is 1.30. The maximum atomic E-state index is 12.2. The molecule has 7 nitrogen and oxygen atoms in total. The number of azide groups is 1. The lowest BCUT2D eigenvalue weighted by Crippen LogP contribution is -2.36. The Bertz CT molecular complexity index is 282. The summed E-state index contributed by atoms with van der Waals surface area (Å²) in [4.78, 5) is 6.05. The van der Waals surface area contributed by atoms with Crippen molar-refractivity contribution >= 4 is 7.59 Å². The Morgan fingerprint density at radius 1 is 1.50 bits per heavy atom. The van der Waals surface area contributed by atoms with Crippen LogP contribution in [0, 0.1) is 0 Å². The van der Waals surface area contributed by atoms with Crippen molar-refractivity contribution in [3.05, 3.63) is 10.4 Å². The fourth-order valence-corrected chi connectivity index (χ4v) is 2.82. The van der Waals surface area contributed by atoms with Gasteiger partial charge in [-0.25, -0.2) is 9.34 Å². The number of nitrogens with zero attached hydrogens (tertiary/aromatic N) is 5. The van der Waals surface area contributed by atoms with Crippen LogP contribution in [0.2, 0.25) is 0 Å². The van der Waals surface area contributed by atoms with E-state index in [1.807, 2.05) is 0 Å². The Hall–Kier alpha value is -0.580. The third-order valence-electron chi connectivity index (χ3n) is 2.03. The van der Waals surface area contributed by atoms with Gasteiger partial charge in [0.2, 0.25) is 0 Å². The fraction of sp³-hybridized carbons (Fsp3) is 1.00. The Morgan fingerprint density at radius 2 is 2.07 bits per heavy atom. The molecule has 0 aromatic rings. The summed E-state index contributed by atoms with van der Waals surface area (Å²) in [6, 6.07) is 0. The van der Waals surface area contributed by atoms with Crippen LogP contribution >= 0.6 is 7.59 Å². The van der Waals surface area contributed by atoms with Gasteiger partial charge in [0.05, 0.1) is 13.2 Å². The largest absolute Gasteiger partial charge is 0.379 e. The first-order chi connectivity index (χ1) is 6.61. The Morgan fingerprint density at radius 3 is 2.50 bits per heavy atom. The molecule has 80 valence electrons. The van der Waals surface area contributed by atoms with Crippen LogP contribution in [0.3, 0.4) is 0 Å². The molecular weight excluding hydrogens is 205 g/mol. The maximum absolute atomic E-state index is 12.2. The highest BCUT2D eigenvalue weighted by Crippen LogP contribution is 2.53. The molecule has 0 amide bonds. The zero-order valence-corrected chi connectivity index (χ0v) is 9.22. The van der Waals surface area contributed by atoms with E-state index in [1.54, 1.807) is 18.8 Å². The number of morpholine rings is 1. The van der Waals surface area contributed by atoms with E-state index >= 15 is 0 Å². The lowest BCUT2D eigenvalue weighted by atomic mass is 10.5. The number of rotatable bonds is 3. The molecule has 0 saturated carbocycles. The van der Waals surface area contributed by atoms with Gasteiger partial charge in [-0.2, -0.15) is 0 Å². The smallest absolute Gasteiger partial charge is 0.302 e. The molecule has 1 heterocycles. The van der Waals surface area contributed by atoms with Crippen LogP contribution in [-0.2, 0) is 9.30 Å². The van der Waals surface area contributed by atoms with Gasteiger partial charge in [0.25, 0.3) is 0 Å². The molecular formula is C6H14N5O2P. The van der Waals surface area contributed by atoms with E-state index < -0.39 is 7.59 Å². The molecule has 1 fully saturated rings. The van der Waals surface area contributed by atoms with E-state index in [2.05, 4.69) is 9.80 Å². The maximum Gasteiger partial charge on any atom is 0.302 e. The third kappa shape index (κ3) is 2.26. The molecule has 0 bridgehead atoms. The van der Waals surface area contributed by atoms with E-state index in [4.69, 9.17) is 10.3 Å². The van der Waals surface area contributed by atoms with Gasteiger partial charge in [-0.1, -0.05) is 0 Å². The molecule has 14 heavy (non-hydrogen) atoms. The summed E-state index contributed by atoms with van der Waals surface area (Å²) in [5.41, 5.74) is 8.38. The van der Waals surface area contributed by atoms with Crippen molar-refractivity contribution in [3.8, 4) is 0 Å². The monoisotopic (exact) mass is 219 g/mol. The van der Waals surface area contributed by atoms with Crippen molar-refractivity contribution in [1.29, 1.82) is 0 Å². The Balaban J connectivity index is 2.86. The summed E-state index contributed by atoms with van der Waals surface area (Å²) < 4.78 is 20.5. The van der Waals surface area contributed by atoms with Gasteiger partial charge in [-0.05, 0) is 19.6 Å². The number of hydrogen-bond acceptors (Lipinski definition) is 2. The quantitative estimate of drug-likeness (QED) is 0.310. The SMILES string of the molecule is CN(C)P(=O)(N=[N+]=[N-])N1CCOCC1. The summed E-state index contributed by atoms with van der Waals surface area (Å²) >= 11 is 0. The molecule has 0 N–H and O–H groups in total. The number of ether oxygens (including phenoxy) is 1. The van der Waals surface area contributed by atoms with Crippen molar-refractivity contribution in [1.82, 2.24) is 9.34 Å². The highest BCUT2D eigenvalue weighted by Gasteiger charge is 2.33. The second kappa shape index (κ2) is 4.77. The summed E-state index contributed by atoms with van der Waals surface area (Å²) in [5.74, 6) is 0. The van der Waals surface area contributed by atoms with Gasteiger partial charge in [-0.3, -0.25) is 4.57 Å². The number of hydrogen-bond donors (Lipinski definition) is 0. The van der Waals surface area contributed by atoms with E-state index in [-0.39, 0.29) is 0 Å². The van der Waals surface area contributed by atoms with Gasteiger partial charge in [0.1, 0.15) is 0 Å². The van der Waals surface area contributed by atoms with Gasteiger partial charge in [0, 0.05) is 22.9 Å². The van der Waals surface area contributed by atoms with Crippen molar-refractivity contribution in [2.45, 2.75) is 0 Å². The fourth-order valence-electron chi connectivity index (χ4n) is 1.26. The van der Waals surface area contributed by atoms with Gasteiger partial charge in [0.15, 0.2) is 0 Å². The van der Waals surface area contributed by atoms with E-state index in [1.165, 1.54) is 4.67 Å². The van der Waals surface area contributed by atoms with Crippen molar-refractivity contribution < 1.29 is 9.30 Å². The van der Waals surface area contributed by atoms with Crippen LogP contribution < -0.4 is 0 Å². The summed E-state index contributed by atoms with van der Waals surface area (Å²) in [5, 5.41) is 0. The average Bonchev–Trinajstić information content (AvgIpc) is 2.19. The van der Waals surface area contributed by atoms with Crippen LogP contribution in [-0.4, -0.2) is 49.7 Å². The standard InChI is InChI=1S/C6H14N5O2P/c1-10(2)14(12,9-8-7)11-3-5-13-6-4-11/h3-6H2,1-2H3. The molecule has 0 aromatic heterocycles. The lowest BCUT2D eigenvalue weighted by Gasteiger charge is -2.34. The first-order valence-corrected chi connectivity index (χ1v) is 5.85. The van der Waals surface area contributed by atoms with Crippen LogP contribution in [0.4, 0.5) is 0 Å². The summed E-state index contributed by atoms with van der Waals surface area (Å²) in [6.07, 6.45) is 0. The third-order valence-corrected chi connectivity index (χ3v) is 4.53. The second-order valence-electron chi connectivity index (χ2n) is 3.11. The van der Waals surface area contributed by atoms with E-state index in [9.17, 15) is 4.57 Å². The molecule has 1 aliphatic heterocycles. The van der Waals surface area contributed by atoms with Crippen molar-refractivity contribution in [3.63, 3.8) is 0 Å². The molecule has 1 rings (SSSR count). The predicted molar refractivity (Wildman–Crippen MR) is 52.8 cm³/mol.